The molecule has 1 aromatic carbocycles. The lowest BCUT2D eigenvalue weighted by atomic mass is 10.2. The first-order chi connectivity index (χ1) is 8.74. The third kappa shape index (κ3) is 2.11. The molecule has 1 aliphatic heterocycles. The average Bonchev–Trinajstić information content (AvgIpc) is 2.67. The summed E-state index contributed by atoms with van der Waals surface area (Å²) >= 11 is 7.77. The van der Waals surface area contributed by atoms with Crippen LogP contribution in [0.3, 0.4) is 0 Å². The van der Waals surface area contributed by atoms with Crippen LogP contribution < -0.4 is 9.88 Å². The number of anilines is 1. The van der Waals surface area contributed by atoms with Crippen molar-refractivity contribution < 1.29 is 4.98 Å². The smallest absolute Gasteiger partial charge is 0.167 e. The first-order valence-electron chi connectivity index (χ1n) is 5.63. The van der Waals surface area contributed by atoms with Gasteiger partial charge in [-0.05, 0) is 29.8 Å². The van der Waals surface area contributed by atoms with Crippen LogP contribution in [0, 0.1) is 0 Å². The first-order valence-corrected chi connectivity index (χ1v) is 6.82. The molecular formula is C14H12ClN2S+. The van der Waals surface area contributed by atoms with E-state index in [9.17, 15) is 0 Å². The fraction of sp³-hybridized carbons (Fsp3) is 0.0714. The number of rotatable bonds is 1. The van der Waals surface area contributed by atoms with Crippen LogP contribution in [0.5, 0.6) is 0 Å². The summed E-state index contributed by atoms with van der Waals surface area (Å²) in [5.74, 6) is 0. The van der Waals surface area contributed by atoms with Crippen LogP contribution in [0.15, 0.2) is 52.7 Å². The van der Waals surface area contributed by atoms with Gasteiger partial charge in [-0.3, -0.25) is 0 Å². The van der Waals surface area contributed by atoms with Gasteiger partial charge in [0.1, 0.15) is 0 Å². The van der Waals surface area contributed by atoms with Gasteiger partial charge in [0, 0.05) is 29.1 Å². The quantitative estimate of drug-likeness (QED) is 0.790. The Hall–Kier alpha value is -1.45. The molecule has 0 radical (unpaired) electrons. The molecule has 90 valence electrons. The highest BCUT2D eigenvalue weighted by atomic mass is 35.5. The zero-order chi connectivity index (χ0) is 12.5. The van der Waals surface area contributed by atoms with E-state index >= 15 is 0 Å². The first kappa shape index (κ1) is 11.6. The zero-order valence-corrected chi connectivity index (χ0v) is 11.4. The molecule has 1 aliphatic rings. The molecule has 18 heavy (non-hydrogen) atoms. The highest BCUT2D eigenvalue weighted by molar-refractivity contribution is 8.03. The molecule has 3 rings (SSSR count). The second kappa shape index (κ2) is 4.67. The molecule has 1 N–H and O–H groups in total. The summed E-state index contributed by atoms with van der Waals surface area (Å²) in [4.78, 5) is 6.42. The Bertz CT molecular complexity index is 610. The second-order valence-electron chi connectivity index (χ2n) is 4.09. The lowest BCUT2D eigenvalue weighted by molar-refractivity contribution is -0.378. The van der Waals surface area contributed by atoms with Crippen LogP contribution >= 0.6 is 23.4 Å². The zero-order valence-electron chi connectivity index (χ0n) is 9.85. The lowest BCUT2D eigenvalue weighted by Gasteiger charge is -2.13. The minimum absolute atomic E-state index is 0.783. The molecule has 0 amide bonds. The molecule has 0 spiro atoms. The van der Waals surface area contributed by atoms with Crippen molar-refractivity contribution in [3.8, 4) is 0 Å². The molecule has 0 aliphatic carbocycles. The molecule has 2 heterocycles. The van der Waals surface area contributed by atoms with E-state index < -0.39 is 0 Å². The van der Waals surface area contributed by atoms with Gasteiger partial charge in [-0.1, -0.05) is 23.4 Å². The van der Waals surface area contributed by atoms with Gasteiger partial charge in [0.15, 0.2) is 12.4 Å². The number of H-pyrrole nitrogens is 1. The molecule has 0 saturated heterocycles. The number of aromatic amines is 1. The SMILES string of the molecule is CN1C(=Cc2cc[nH+]cc2)Sc2cc(Cl)ccc21. The highest BCUT2D eigenvalue weighted by Crippen LogP contribution is 2.46. The lowest BCUT2D eigenvalue weighted by Crippen LogP contribution is -2.09. The molecule has 0 saturated carbocycles. The van der Waals surface area contributed by atoms with Crippen molar-refractivity contribution in [1.29, 1.82) is 0 Å². The largest absolute Gasteiger partial charge is 0.338 e. The predicted octanol–water partition coefficient (Wildman–Crippen LogP) is 3.69. The monoisotopic (exact) mass is 275 g/mol. The van der Waals surface area contributed by atoms with E-state index in [1.54, 1.807) is 11.8 Å². The van der Waals surface area contributed by atoms with Crippen molar-refractivity contribution in [2.75, 3.05) is 11.9 Å². The molecule has 0 bridgehead atoms. The highest BCUT2D eigenvalue weighted by Gasteiger charge is 2.21. The predicted molar refractivity (Wildman–Crippen MR) is 76.7 cm³/mol. The van der Waals surface area contributed by atoms with Gasteiger partial charge in [-0.25, -0.2) is 4.98 Å². The summed E-state index contributed by atoms with van der Waals surface area (Å²) in [6.45, 7) is 0. The van der Waals surface area contributed by atoms with Crippen LogP contribution in [0.2, 0.25) is 5.02 Å². The minimum Gasteiger partial charge on any atom is -0.338 e. The Balaban J connectivity index is 1.97. The summed E-state index contributed by atoms with van der Waals surface area (Å²) < 4.78 is 0. The van der Waals surface area contributed by atoms with E-state index in [1.165, 1.54) is 21.2 Å². The van der Waals surface area contributed by atoms with Crippen molar-refractivity contribution in [3.63, 3.8) is 0 Å². The number of hydrogen-bond donors (Lipinski definition) is 0. The van der Waals surface area contributed by atoms with E-state index in [0.717, 1.165) is 5.02 Å². The van der Waals surface area contributed by atoms with Gasteiger partial charge in [0.25, 0.3) is 0 Å². The normalized spacial score (nSPS) is 16.1. The summed E-state index contributed by atoms with van der Waals surface area (Å²) in [6.07, 6.45) is 6.03. The number of nitrogens with zero attached hydrogens (tertiary/aromatic N) is 1. The van der Waals surface area contributed by atoms with Gasteiger partial charge >= 0.3 is 0 Å². The summed E-state index contributed by atoms with van der Waals surface area (Å²) in [5.41, 5.74) is 2.39. The van der Waals surface area contributed by atoms with Gasteiger partial charge in [-0.2, -0.15) is 0 Å². The van der Waals surface area contributed by atoms with Crippen LogP contribution in [0.25, 0.3) is 6.08 Å². The Labute approximate surface area is 115 Å². The summed E-state index contributed by atoms with van der Waals surface area (Å²) in [7, 11) is 2.08. The number of benzene rings is 1. The van der Waals surface area contributed by atoms with Gasteiger partial charge in [0.05, 0.1) is 10.7 Å². The molecule has 0 unspecified atom stereocenters. The number of hydrogen-bond acceptors (Lipinski definition) is 2. The van der Waals surface area contributed by atoms with Crippen LogP contribution in [-0.2, 0) is 0 Å². The third-order valence-corrected chi connectivity index (χ3v) is 4.25. The average molecular weight is 276 g/mol. The van der Waals surface area contributed by atoms with E-state index in [0.29, 0.717) is 0 Å². The summed E-state index contributed by atoms with van der Waals surface area (Å²) in [5, 5.41) is 1.99. The fourth-order valence-electron chi connectivity index (χ4n) is 1.91. The van der Waals surface area contributed by atoms with Gasteiger partial charge in [-0.15, -0.1) is 0 Å². The maximum Gasteiger partial charge on any atom is 0.167 e. The van der Waals surface area contributed by atoms with Crippen LogP contribution in [0.1, 0.15) is 5.56 Å². The molecule has 0 fully saturated rings. The fourth-order valence-corrected chi connectivity index (χ4v) is 3.30. The van der Waals surface area contributed by atoms with Crippen LogP contribution in [-0.4, -0.2) is 7.05 Å². The number of thioether (sulfide) groups is 1. The standard InChI is InChI=1S/C14H11ClN2S/c1-17-12-3-2-11(15)9-13(12)18-14(17)8-10-4-6-16-7-5-10/h2-9H,1H3/p+1. The molecule has 4 heteroatoms. The number of fused-ring (bicyclic) bond motifs is 1. The van der Waals surface area contributed by atoms with Crippen molar-refractivity contribution in [2.24, 2.45) is 0 Å². The van der Waals surface area contributed by atoms with E-state index in [4.69, 9.17) is 11.6 Å². The molecule has 2 nitrogen and oxygen atoms in total. The van der Waals surface area contributed by atoms with Crippen LogP contribution in [0.4, 0.5) is 5.69 Å². The van der Waals surface area contributed by atoms with Crippen molar-refractivity contribution in [1.82, 2.24) is 0 Å². The molecule has 2 aromatic rings. The van der Waals surface area contributed by atoms with Crippen molar-refractivity contribution in [3.05, 3.63) is 58.3 Å². The maximum absolute atomic E-state index is 6.02. The van der Waals surface area contributed by atoms with E-state index in [-0.39, 0.29) is 0 Å². The van der Waals surface area contributed by atoms with Crippen molar-refractivity contribution in [2.45, 2.75) is 4.90 Å². The van der Waals surface area contributed by atoms with Gasteiger partial charge < -0.3 is 4.90 Å². The molecule has 1 aromatic heterocycles. The Morgan fingerprint density at radius 1 is 1.22 bits per heavy atom. The minimum atomic E-state index is 0.783. The van der Waals surface area contributed by atoms with E-state index in [1.807, 2.05) is 24.5 Å². The second-order valence-corrected chi connectivity index (χ2v) is 5.59. The third-order valence-electron chi connectivity index (χ3n) is 2.86. The van der Waals surface area contributed by atoms with Gasteiger partial charge in [0.2, 0.25) is 0 Å². The number of halogens is 1. The van der Waals surface area contributed by atoms with Crippen molar-refractivity contribution >= 4 is 35.1 Å². The Kier molecular flexibility index (Phi) is 3.02. The number of pyridine rings is 1. The Morgan fingerprint density at radius 2 is 2.00 bits per heavy atom. The molecular weight excluding hydrogens is 264 g/mol. The topological polar surface area (TPSA) is 17.4 Å². The van der Waals surface area contributed by atoms with E-state index in [2.05, 4.69) is 41.2 Å². The number of aromatic nitrogens is 1. The number of nitrogens with one attached hydrogen (secondary N) is 1. The molecule has 0 atom stereocenters. The maximum atomic E-state index is 6.02. The Morgan fingerprint density at radius 3 is 2.78 bits per heavy atom. The summed E-state index contributed by atoms with van der Waals surface area (Å²) in [6, 6.07) is 10.1.